The molecule has 0 aliphatic heterocycles. The minimum atomic E-state index is -3.97. The van der Waals surface area contributed by atoms with Crippen LogP contribution in [-0.2, 0) is 33.9 Å². The summed E-state index contributed by atoms with van der Waals surface area (Å²) in [5.41, 5.74) is 0. The van der Waals surface area contributed by atoms with E-state index in [1.165, 1.54) is 0 Å². The molecule has 21 heavy (non-hydrogen) atoms. The van der Waals surface area contributed by atoms with Crippen molar-refractivity contribution in [1.29, 1.82) is 0 Å². The van der Waals surface area contributed by atoms with E-state index in [4.69, 9.17) is 5.11 Å². The van der Waals surface area contributed by atoms with Crippen LogP contribution in [0.2, 0.25) is 0 Å². The number of esters is 2. The molecule has 0 bridgehead atoms. The normalized spacial score (nSPS) is 12.5. The molecule has 0 saturated heterocycles. The number of hydrogen-bond donors (Lipinski definition) is 2. The molecule has 0 heterocycles. The van der Waals surface area contributed by atoms with Gasteiger partial charge in [0.25, 0.3) is 0 Å². The van der Waals surface area contributed by atoms with Gasteiger partial charge in [0.15, 0.2) is 0 Å². The van der Waals surface area contributed by atoms with E-state index in [-0.39, 0.29) is 19.4 Å². The highest BCUT2D eigenvalue weighted by molar-refractivity contribution is 7.89. The van der Waals surface area contributed by atoms with E-state index < -0.39 is 46.1 Å². The first kappa shape index (κ1) is 19.3. The number of ether oxygens (including phenoxy) is 2. The Hall–Kier alpha value is -1.68. The maximum absolute atomic E-state index is 11.6. The number of carbonyl (C=O) groups excluding carboxylic acids is 2. The lowest BCUT2D eigenvalue weighted by Gasteiger charge is -2.14. The van der Waals surface area contributed by atoms with E-state index in [1.54, 1.807) is 6.92 Å². The van der Waals surface area contributed by atoms with Crippen LogP contribution in [0.5, 0.6) is 0 Å². The molecule has 10 heteroatoms. The van der Waals surface area contributed by atoms with Gasteiger partial charge in [-0.05, 0) is 13.3 Å². The average Bonchev–Trinajstić information content (AvgIpc) is 2.40. The van der Waals surface area contributed by atoms with Crippen LogP contribution < -0.4 is 4.72 Å². The number of carboxylic acid groups (broad SMARTS) is 1. The number of aliphatic carboxylic acids is 1. The Kier molecular flexibility index (Phi) is 8.55. The minimum absolute atomic E-state index is 0.154. The minimum Gasteiger partial charge on any atom is -0.480 e. The summed E-state index contributed by atoms with van der Waals surface area (Å²) in [6.07, 6.45) is -0.869. The van der Waals surface area contributed by atoms with Crippen molar-refractivity contribution >= 4 is 27.9 Å². The number of methoxy groups -OCH3 is 1. The molecule has 0 aliphatic rings. The summed E-state index contributed by atoms with van der Waals surface area (Å²) in [7, 11) is -2.86. The second-order valence-corrected chi connectivity index (χ2v) is 5.87. The number of sulfonamides is 1. The number of hydrogen-bond acceptors (Lipinski definition) is 7. The zero-order chi connectivity index (χ0) is 16.5. The Morgan fingerprint density at radius 3 is 2.29 bits per heavy atom. The average molecular weight is 325 g/mol. The van der Waals surface area contributed by atoms with Crippen molar-refractivity contribution in [2.24, 2.45) is 0 Å². The van der Waals surface area contributed by atoms with E-state index in [9.17, 15) is 22.8 Å². The van der Waals surface area contributed by atoms with Gasteiger partial charge in [-0.3, -0.25) is 14.4 Å². The van der Waals surface area contributed by atoms with Gasteiger partial charge in [-0.25, -0.2) is 13.1 Å². The molecule has 0 aromatic carbocycles. The molecule has 122 valence electrons. The molecule has 0 aromatic rings. The van der Waals surface area contributed by atoms with Gasteiger partial charge in [0.05, 0.1) is 25.9 Å². The number of nitrogens with one attached hydrogen (secondary N) is 1. The van der Waals surface area contributed by atoms with E-state index in [0.29, 0.717) is 0 Å². The quantitative estimate of drug-likeness (QED) is 0.501. The largest absolute Gasteiger partial charge is 0.480 e. The molecule has 0 saturated carbocycles. The van der Waals surface area contributed by atoms with Crippen LogP contribution in [0.15, 0.2) is 0 Å². The molecule has 1 atom stereocenters. The maximum atomic E-state index is 11.6. The first-order chi connectivity index (χ1) is 9.71. The summed E-state index contributed by atoms with van der Waals surface area (Å²) in [5, 5.41) is 8.93. The molecule has 0 unspecified atom stereocenters. The Balaban J connectivity index is 4.51. The highest BCUT2D eigenvalue weighted by Gasteiger charge is 2.25. The van der Waals surface area contributed by atoms with Gasteiger partial charge in [0, 0.05) is 6.42 Å². The molecule has 0 spiro atoms. The highest BCUT2D eigenvalue weighted by Crippen LogP contribution is 2.03. The first-order valence-electron chi connectivity index (χ1n) is 6.17. The van der Waals surface area contributed by atoms with Gasteiger partial charge in [-0.15, -0.1) is 0 Å². The fourth-order valence-corrected chi connectivity index (χ4v) is 2.53. The van der Waals surface area contributed by atoms with Crippen LogP contribution in [0.3, 0.4) is 0 Å². The van der Waals surface area contributed by atoms with Crippen molar-refractivity contribution in [2.75, 3.05) is 19.5 Å². The summed E-state index contributed by atoms with van der Waals surface area (Å²) in [6.45, 7) is 1.75. The smallest absolute Gasteiger partial charge is 0.321 e. The molecular formula is C11H19NO8S. The molecule has 0 aromatic heterocycles. The molecule has 2 N–H and O–H groups in total. The van der Waals surface area contributed by atoms with Crippen molar-refractivity contribution in [3.63, 3.8) is 0 Å². The molecule has 0 fully saturated rings. The third-order valence-electron chi connectivity index (χ3n) is 2.36. The zero-order valence-corrected chi connectivity index (χ0v) is 12.6. The lowest BCUT2D eigenvalue weighted by molar-refractivity contribution is -0.144. The molecular weight excluding hydrogens is 306 g/mol. The van der Waals surface area contributed by atoms with Gasteiger partial charge in [-0.2, -0.15) is 0 Å². The van der Waals surface area contributed by atoms with Crippen LogP contribution in [0, 0.1) is 0 Å². The van der Waals surface area contributed by atoms with Gasteiger partial charge in [-0.1, -0.05) is 0 Å². The summed E-state index contributed by atoms with van der Waals surface area (Å²) >= 11 is 0. The van der Waals surface area contributed by atoms with Gasteiger partial charge < -0.3 is 14.6 Å². The third-order valence-corrected chi connectivity index (χ3v) is 3.75. The summed E-state index contributed by atoms with van der Waals surface area (Å²) in [5.74, 6) is -3.35. The predicted octanol–water partition coefficient (Wildman–Crippen LogP) is -0.735. The number of rotatable bonds is 10. The SMILES string of the molecule is CCOC(=O)CC[C@H](NS(=O)(=O)CCC(=O)OC)C(=O)O. The second-order valence-electron chi connectivity index (χ2n) is 4.00. The van der Waals surface area contributed by atoms with Crippen molar-refractivity contribution < 1.29 is 37.4 Å². The molecule has 0 radical (unpaired) electrons. The molecule has 9 nitrogen and oxygen atoms in total. The number of carbonyl (C=O) groups is 3. The van der Waals surface area contributed by atoms with Gasteiger partial charge in [0.2, 0.25) is 10.0 Å². The summed E-state index contributed by atoms with van der Waals surface area (Å²) in [6, 6.07) is -1.46. The third kappa shape index (κ3) is 8.97. The monoisotopic (exact) mass is 325 g/mol. The summed E-state index contributed by atoms with van der Waals surface area (Å²) in [4.78, 5) is 33.0. The molecule has 0 aliphatic carbocycles. The fraction of sp³-hybridized carbons (Fsp3) is 0.727. The fourth-order valence-electron chi connectivity index (χ4n) is 1.32. The highest BCUT2D eigenvalue weighted by atomic mass is 32.2. The van der Waals surface area contributed by atoms with Gasteiger partial charge >= 0.3 is 17.9 Å². The van der Waals surface area contributed by atoms with E-state index in [1.807, 2.05) is 4.72 Å². The van der Waals surface area contributed by atoms with Gasteiger partial charge in [0.1, 0.15) is 6.04 Å². The van der Waals surface area contributed by atoms with Crippen molar-refractivity contribution in [1.82, 2.24) is 4.72 Å². The topological polar surface area (TPSA) is 136 Å². The Morgan fingerprint density at radius 2 is 1.81 bits per heavy atom. The van der Waals surface area contributed by atoms with E-state index in [0.717, 1.165) is 7.11 Å². The summed E-state index contributed by atoms with van der Waals surface area (Å²) < 4.78 is 34.1. The van der Waals surface area contributed by atoms with Crippen LogP contribution in [-0.4, -0.2) is 56.9 Å². The Bertz CT molecular complexity index is 473. The van der Waals surface area contributed by atoms with Crippen molar-refractivity contribution in [3.8, 4) is 0 Å². The van der Waals surface area contributed by atoms with E-state index in [2.05, 4.69) is 9.47 Å². The Morgan fingerprint density at radius 1 is 1.19 bits per heavy atom. The van der Waals surface area contributed by atoms with Crippen LogP contribution >= 0.6 is 0 Å². The maximum Gasteiger partial charge on any atom is 0.321 e. The van der Waals surface area contributed by atoms with Crippen molar-refractivity contribution in [3.05, 3.63) is 0 Å². The van der Waals surface area contributed by atoms with Crippen LogP contribution in [0.4, 0.5) is 0 Å². The lowest BCUT2D eigenvalue weighted by atomic mass is 10.2. The van der Waals surface area contributed by atoms with Crippen LogP contribution in [0.25, 0.3) is 0 Å². The molecule has 0 amide bonds. The van der Waals surface area contributed by atoms with Crippen LogP contribution in [0.1, 0.15) is 26.2 Å². The standard InChI is InChI=1S/C11H19NO8S/c1-3-20-10(14)5-4-8(11(15)16)12-21(17,18)7-6-9(13)19-2/h8,12H,3-7H2,1-2H3,(H,15,16)/t8-/m0/s1. The molecule has 0 rings (SSSR count). The van der Waals surface area contributed by atoms with E-state index >= 15 is 0 Å². The zero-order valence-electron chi connectivity index (χ0n) is 11.8. The van der Waals surface area contributed by atoms with Crippen molar-refractivity contribution in [2.45, 2.75) is 32.2 Å². The first-order valence-corrected chi connectivity index (χ1v) is 7.82. The predicted molar refractivity (Wildman–Crippen MR) is 70.8 cm³/mol. The Labute approximate surface area is 122 Å². The number of carboxylic acids is 1. The second kappa shape index (κ2) is 9.29. The lowest BCUT2D eigenvalue weighted by Crippen LogP contribution is -2.42.